The van der Waals surface area contributed by atoms with Gasteiger partial charge in [-0.25, -0.2) is 4.79 Å². The second-order valence-electron chi connectivity index (χ2n) is 7.82. The van der Waals surface area contributed by atoms with Gasteiger partial charge in [0.15, 0.2) is 17.3 Å². The Morgan fingerprint density at radius 3 is 2.72 bits per heavy atom. The fraction of sp³-hybridized carbons (Fsp3) is 0.304. The van der Waals surface area contributed by atoms with Gasteiger partial charge in [-0.05, 0) is 61.1 Å². The van der Waals surface area contributed by atoms with Crippen LogP contribution in [0.4, 0.5) is 0 Å². The number of hydrogen-bond acceptors (Lipinski definition) is 6. The Morgan fingerprint density at radius 2 is 1.83 bits per heavy atom. The number of carbonyl (C=O) groups excluding carboxylic acids is 1. The highest BCUT2D eigenvalue weighted by molar-refractivity contribution is 6.07. The summed E-state index contributed by atoms with van der Waals surface area (Å²) in [6, 6.07) is 7.40. The predicted molar refractivity (Wildman–Crippen MR) is 104 cm³/mol. The molecule has 1 unspecified atom stereocenters. The molecular weight excluding hydrogens is 372 g/mol. The van der Waals surface area contributed by atoms with Crippen molar-refractivity contribution in [2.24, 2.45) is 0 Å². The molecule has 2 aliphatic heterocycles. The molecule has 3 heterocycles. The normalized spacial score (nSPS) is 19.2. The van der Waals surface area contributed by atoms with Gasteiger partial charge in [-0.1, -0.05) is 6.07 Å². The van der Waals surface area contributed by atoms with E-state index >= 15 is 0 Å². The van der Waals surface area contributed by atoms with E-state index in [1.807, 2.05) is 25.1 Å². The van der Waals surface area contributed by atoms with E-state index in [1.54, 1.807) is 6.07 Å². The highest BCUT2D eigenvalue weighted by Gasteiger charge is 2.34. The third kappa shape index (κ3) is 2.35. The molecule has 6 nitrogen and oxygen atoms in total. The number of Topliss-reactive ketones (excluding diaryl/α,β-unsaturated/α-hetero) is 1. The van der Waals surface area contributed by atoms with Crippen molar-refractivity contribution in [3.63, 3.8) is 0 Å². The van der Waals surface area contributed by atoms with Gasteiger partial charge in [0, 0.05) is 5.56 Å². The quantitative estimate of drug-likeness (QED) is 0.584. The van der Waals surface area contributed by atoms with Gasteiger partial charge in [0.25, 0.3) is 0 Å². The fourth-order valence-corrected chi connectivity index (χ4v) is 4.75. The van der Waals surface area contributed by atoms with Gasteiger partial charge < -0.3 is 18.6 Å². The zero-order valence-corrected chi connectivity index (χ0v) is 15.9. The van der Waals surface area contributed by atoms with Gasteiger partial charge in [0.05, 0.1) is 17.4 Å². The van der Waals surface area contributed by atoms with Crippen LogP contribution < -0.4 is 19.8 Å². The molecule has 146 valence electrons. The molecule has 6 rings (SSSR count). The topological polar surface area (TPSA) is 75.0 Å². The summed E-state index contributed by atoms with van der Waals surface area (Å²) in [5.41, 5.74) is 4.11. The van der Waals surface area contributed by atoms with Gasteiger partial charge in [0.2, 0.25) is 6.79 Å². The minimum absolute atomic E-state index is 0.0336. The summed E-state index contributed by atoms with van der Waals surface area (Å²) < 4.78 is 22.9. The molecule has 1 atom stereocenters. The van der Waals surface area contributed by atoms with E-state index in [2.05, 4.69) is 0 Å². The van der Waals surface area contributed by atoms with Crippen molar-refractivity contribution in [1.82, 2.24) is 0 Å². The molecule has 3 aromatic rings. The minimum atomic E-state index is -0.432. The Labute approximate surface area is 166 Å². The lowest BCUT2D eigenvalue weighted by atomic mass is 9.90. The molecule has 0 saturated heterocycles. The van der Waals surface area contributed by atoms with Crippen molar-refractivity contribution in [1.29, 1.82) is 0 Å². The molecule has 0 bridgehead atoms. The van der Waals surface area contributed by atoms with Crippen molar-refractivity contribution < 1.29 is 23.4 Å². The molecule has 0 fully saturated rings. The molecule has 29 heavy (non-hydrogen) atoms. The van der Waals surface area contributed by atoms with E-state index in [9.17, 15) is 9.59 Å². The van der Waals surface area contributed by atoms with Crippen LogP contribution >= 0.6 is 0 Å². The number of benzene rings is 2. The Hall–Kier alpha value is -3.28. The SMILES string of the molecule is Cc1cc2oc(=O)c3c(c2c2c1C(=O)CC(c1ccc4c(c1)OCO4)O2)CCC3. The Bertz CT molecular complexity index is 1270. The van der Waals surface area contributed by atoms with Crippen molar-refractivity contribution in [2.45, 2.75) is 38.7 Å². The van der Waals surface area contributed by atoms with Crippen LogP contribution in [0, 0.1) is 6.92 Å². The average molecular weight is 390 g/mol. The van der Waals surface area contributed by atoms with Crippen LogP contribution in [0.25, 0.3) is 11.0 Å². The van der Waals surface area contributed by atoms with Crippen LogP contribution in [0.2, 0.25) is 0 Å². The maximum atomic E-state index is 13.1. The third-order valence-electron chi connectivity index (χ3n) is 6.09. The Balaban J connectivity index is 1.55. The number of carbonyl (C=O) groups is 1. The van der Waals surface area contributed by atoms with Crippen LogP contribution in [0.1, 0.15) is 51.6 Å². The van der Waals surface area contributed by atoms with Gasteiger partial charge in [-0.3, -0.25) is 4.79 Å². The molecule has 1 aliphatic carbocycles. The van der Waals surface area contributed by atoms with Crippen LogP contribution in [0.5, 0.6) is 17.2 Å². The van der Waals surface area contributed by atoms with Crippen LogP contribution in [0.15, 0.2) is 33.5 Å². The molecule has 6 heteroatoms. The largest absolute Gasteiger partial charge is 0.484 e. The summed E-state index contributed by atoms with van der Waals surface area (Å²) in [6.07, 6.45) is 2.22. The number of ketones is 1. The van der Waals surface area contributed by atoms with Crippen molar-refractivity contribution in [3.05, 3.63) is 62.5 Å². The molecule has 0 amide bonds. The van der Waals surface area contributed by atoms with Gasteiger partial charge in [0.1, 0.15) is 17.4 Å². The second-order valence-corrected chi connectivity index (χ2v) is 7.82. The summed E-state index contributed by atoms with van der Waals surface area (Å²) >= 11 is 0. The molecule has 2 aromatic carbocycles. The zero-order valence-electron chi connectivity index (χ0n) is 15.9. The fourth-order valence-electron chi connectivity index (χ4n) is 4.75. The van der Waals surface area contributed by atoms with Crippen molar-refractivity contribution in [3.8, 4) is 17.2 Å². The number of aryl methyl sites for hydroxylation is 2. The van der Waals surface area contributed by atoms with Crippen LogP contribution in [-0.4, -0.2) is 12.6 Å². The Kier molecular flexibility index (Phi) is 3.37. The lowest BCUT2D eigenvalue weighted by Crippen LogP contribution is -2.22. The Morgan fingerprint density at radius 1 is 1.00 bits per heavy atom. The lowest BCUT2D eigenvalue weighted by molar-refractivity contribution is 0.0852. The molecule has 0 N–H and O–H groups in total. The van der Waals surface area contributed by atoms with Crippen molar-refractivity contribution in [2.75, 3.05) is 6.79 Å². The van der Waals surface area contributed by atoms with Crippen molar-refractivity contribution >= 4 is 16.8 Å². The van der Waals surface area contributed by atoms with E-state index in [0.717, 1.165) is 34.9 Å². The van der Waals surface area contributed by atoms with Crippen LogP contribution in [0.3, 0.4) is 0 Å². The highest BCUT2D eigenvalue weighted by Crippen LogP contribution is 2.45. The first-order chi connectivity index (χ1) is 14.1. The maximum absolute atomic E-state index is 13.1. The first-order valence-corrected chi connectivity index (χ1v) is 9.81. The third-order valence-corrected chi connectivity index (χ3v) is 6.09. The van der Waals surface area contributed by atoms with E-state index in [0.29, 0.717) is 40.4 Å². The summed E-state index contributed by atoms with van der Waals surface area (Å²) in [6.45, 7) is 2.05. The molecule has 0 spiro atoms. The van der Waals surface area contributed by atoms with E-state index in [-0.39, 0.29) is 24.6 Å². The molecule has 0 saturated carbocycles. The molecule has 0 radical (unpaired) electrons. The predicted octanol–water partition coefficient (Wildman–Crippen LogP) is 4.03. The monoisotopic (exact) mass is 390 g/mol. The summed E-state index contributed by atoms with van der Waals surface area (Å²) in [4.78, 5) is 25.5. The van der Waals surface area contributed by atoms with E-state index in [1.165, 1.54) is 0 Å². The molecular formula is C23H18O6. The number of ether oxygens (including phenoxy) is 3. The molecule has 1 aromatic heterocycles. The summed E-state index contributed by atoms with van der Waals surface area (Å²) in [5, 5.41) is 0.775. The summed E-state index contributed by atoms with van der Waals surface area (Å²) in [7, 11) is 0. The van der Waals surface area contributed by atoms with Gasteiger partial charge in [-0.15, -0.1) is 0 Å². The second kappa shape index (κ2) is 5.86. The number of fused-ring (bicyclic) bond motifs is 6. The van der Waals surface area contributed by atoms with Gasteiger partial charge in [-0.2, -0.15) is 0 Å². The smallest absolute Gasteiger partial charge is 0.339 e. The number of rotatable bonds is 1. The minimum Gasteiger partial charge on any atom is -0.484 e. The first-order valence-electron chi connectivity index (χ1n) is 9.81. The van der Waals surface area contributed by atoms with E-state index in [4.69, 9.17) is 18.6 Å². The standard InChI is InChI=1S/C23H18O6/c1-11-7-19-21(13-3-2-4-14(13)23(25)29-19)22-20(11)15(24)9-17(28-22)12-5-6-16-18(8-12)27-10-26-16/h5-8,17H,2-4,9-10H2,1H3. The van der Waals surface area contributed by atoms with E-state index < -0.39 is 6.10 Å². The van der Waals surface area contributed by atoms with Crippen LogP contribution in [-0.2, 0) is 12.8 Å². The average Bonchev–Trinajstić information content (AvgIpc) is 3.36. The lowest BCUT2D eigenvalue weighted by Gasteiger charge is -2.28. The zero-order chi connectivity index (χ0) is 19.7. The van der Waals surface area contributed by atoms with Gasteiger partial charge >= 0.3 is 5.63 Å². The number of hydrogen-bond donors (Lipinski definition) is 0. The first kappa shape index (κ1) is 16.7. The molecule has 3 aliphatic rings. The highest BCUT2D eigenvalue weighted by atomic mass is 16.7. The maximum Gasteiger partial charge on any atom is 0.339 e. The summed E-state index contributed by atoms with van der Waals surface area (Å²) in [5.74, 6) is 1.93.